The summed E-state index contributed by atoms with van der Waals surface area (Å²) in [6, 6.07) is 0. The fourth-order valence-corrected chi connectivity index (χ4v) is 1.94. The molecule has 0 radical (unpaired) electrons. The minimum absolute atomic E-state index is 0.0960. The summed E-state index contributed by atoms with van der Waals surface area (Å²) in [4.78, 5) is 12.4. The second-order valence-corrected chi connectivity index (χ2v) is 3.70. The van der Waals surface area contributed by atoms with Crippen molar-refractivity contribution in [3.63, 3.8) is 0 Å². The molecule has 1 saturated heterocycles. The van der Waals surface area contributed by atoms with E-state index in [9.17, 15) is 0 Å². The van der Waals surface area contributed by atoms with Crippen molar-refractivity contribution in [1.82, 2.24) is 19.5 Å². The van der Waals surface area contributed by atoms with Crippen LogP contribution in [0, 0.1) is 0 Å². The number of aromatic nitrogens is 4. The molecule has 5 heteroatoms. The molecule has 15 heavy (non-hydrogen) atoms. The van der Waals surface area contributed by atoms with Crippen molar-refractivity contribution in [3.05, 3.63) is 18.9 Å². The molecule has 78 valence electrons. The molecule has 5 nitrogen and oxygen atoms in total. The third-order valence-corrected chi connectivity index (χ3v) is 2.70. The molecular weight excluding hydrogens is 192 g/mol. The van der Waals surface area contributed by atoms with E-state index < -0.39 is 0 Å². The van der Waals surface area contributed by atoms with Gasteiger partial charge in [0.05, 0.1) is 12.5 Å². The Morgan fingerprint density at radius 3 is 3.20 bits per heavy atom. The predicted octanol–water partition coefficient (Wildman–Crippen LogP) is 1.53. The first kappa shape index (κ1) is 8.79. The summed E-state index contributed by atoms with van der Waals surface area (Å²) < 4.78 is 7.69. The Morgan fingerprint density at radius 1 is 1.33 bits per heavy atom. The molecule has 1 unspecified atom stereocenters. The van der Waals surface area contributed by atoms with Gasteiger partial charge in [0.25, 0.3) is 0 Å². The van der Waals surface area contributed by atoms with Crippen LogP contribution in [0.15, 0.2) is 18.9 Å². The van der Waals surface area contributed by atoms with Crippen LogP contribution in [0.25, 0.3) is 11.2 Å². The molecule has 1 fully saturated rings. The molecule has 2 aromatic rings. The van der Waals surface area contributed by atoms with E-state index in [0.29, 0.717) is 0 Å². The van der Waals surface area contributed by atoms with Crippen LogP contribution in [-0.2, 0) is 4.74 Å². The topological polar surface area (TPSA) is 52.8 Å². The van der Waals surface area contributed by atoms with Crippen LogP contribution in [0.3, 0.4) is 0 Å². The fourth-order valence-electron chi connectivity index (χ4n) is 1.94. The Labute approximate surface area is 87.1 Å². The van der Waals surface area contributed by atoms with Crippen molar-refractivity contribution >= 4 is 11.2 Å². The normalized spacial score (nSPS) is 22.0. The lowest BCUT2D eigenvalue weighted by Gasteiger charge is -2.23. The Bertz CT molecular complexity index is 461. The van der Waals surface area contributed by atoms with Gasteiger partial charge in [-0.05, 0) is 19.3 Å². The lowest BCUT2D eigenvalue weighted by molar-refractivity contribution is -0.0298. The number of ether oxygens (including phenoxy) is 1. The lowest BCUT2D eigenvalue weighted by atomic mass is 10.2. The summed E-state index contributed by atoms with van der Waals surface area (Å²) >= 11 is 0. The average molecular weight is 204 g/mol. The zero-order valence-corrected chi connectivity index (χ0v) is 8.33. The maximum absolute atomic E-state index is 5.69. The van der Waals surface area contributed by atoms with Crippen molar-refractivity contribution in [2.24, 2.45) is 0 Å². The third kappa shape index (κ3) is 1.48. The van der Waals surface area contributed by atoms with E-state index in [4.69, 9.17) is 4.74 Å². The van der Waals surface area contributed by atoms with Gasteiger partial charge in [0.2, 0.25) is 0 Å². The second-order valence-electron chi connectivity index (χ2n) is 3.70. The molecule has 1 aliphatic rings. The molecule has 3 rings (SSSR count). The SMILES string of the molecule is c1ncc2ncn(C3CCCCO3)c2n1. The first-order valence-corrected chi connectivity index (χ1v) is 5.19. The molecule has 0 aliphatic carbocycles. The largest absolute Gasteiger partial charge is 0.358 e. The molecule has 3 heterocycles. The molecule has 1 atom stereocenters. The minimum atomic E-state index is 0.0960. The van der Waals surface area contributed by atoms with Gasteiger partial charge in [-0.25, -0.2) is 15.0 Å². The molecule has 1 aliphatic heterocycles. The van der Waals surface area contributed by atoms with E-state index in [2.05, 4.69) is 15.0 Å². The monoisotopic (exact) mass is 204 g/mol. The van der Waals surface area contributed by atoms with Gasteiger partial charge < -0.3 is 4.74 Å². The van der Waals surface area contributed by atoms with Crippen LogP contribution in [0.2, 0.25) is 0 Å². The third-order valence-electron chi connectivity index (χ3n) is 2.70. The molecule has 0 N–H and O–H groups in total. The molecule has 0 saturated carbocycles. The Morgan fingerprint density at radius 2 is 2.33 bits per heavy atom. The van der Waals surface area contributed by atoms with Gasteiger partial charge in [0.15, 0.2) is 5.65 Å². The molecule has 0 spiro atoms. The summed E-state index contributed by atoms with van der Waals surface area (Å²) in [5, 5.41) is 0. The molecule has 0 amide bonds. The van der Waals surface area contributed by atoms with Crippen LogP contribution in [0.5, 0.6) is 0 Å². The molecular formula is C10H12N4O. The van der Waals surface area contributed by atoms with E-state index in [0.717, 1.165) is 30.6 Å². The summed E-state index contributed by atoms with van der Waals surface area (Å²) in [5.74, 6) is 0. The number of hydrogen-bond acceptors (Lipinski definition) is 4. The summed E-state index contributed by atoms with van der Waals surface area (Å²) in [6.07, 6.45) is 8.54. The second kappa shape index (κ2) is 3.58. The van der Waals surface area contributed by atoms with Gasteiger partial charge in [0.1, 0.15) is 18.1 Å². The van der Waals surface area contributed by atoms with E-state index in [1.807, 2.05) is 4.57 Å². The highest BCUT2D eigenvalue weighted by Crippen LogP contribution is 2.24. The van der Waals surface area contributed by atoms with Crippen molar-refractivity contribution in [1.29, 1.82) is 0 Å². The maximum atomic E-state index is 5.69. The number of nitrogens with zero attached hydrogens (tertiary/aromatic N) is 4. The van der Waals surface area contributed by atoms with Crippen LogP contribution in [-0.4, -0.2) is 26.1 Å². The first-order valence-electron chi connectivity index (χ1n) is 5.19. The predicted molar refractivity (Wildman–Crippen MR) is 54.2 cm³/mol. The van der Waals surface area contributed by atoms with Gasteiger partial charge in [-0.1, -0.05) is 0 Å². The smallest absolute Gasteiger partial charge is 0.165 e. The number of rotatable bonds is 1. The summed E-state index contributed by atoms with van der Waals surface area (Å²) in [7, 11) is 0. The van der Waals surface area contributed by atoms with Crippen molar-refractivity contribution < 1.29 is 4.74 Å². The molecule has 0 aromatic carbocycles. The highest BCUT2D eigenvalue weighted by atomic mass is 16.5. The van der Waals surface area contributed by atoms with Gasteiger partial charge in [-0.2, -0.15) is 0 Å². The Hall–Kier alpha value is -1.49. The standard InChI is InChI=1S/C10H12N4O/c1-2-4-15-9(3-1)14-7-13-8-5-11-6-12-10(8)14/h5-7,9H,1-4H2. The number of hydrogen-bond donors (Lipinski definition) is 0. The fraction of sp³-hybridized carbons (Fsp3) is 0.500. The average Bonchev–Trinajstić information content (AvgIpc) is 2.74. The Balaban J connectivity index is 2.02. The van der Waals surface area contributed by atoms with Crippen LogP contribution < -0.4 is 0 Å². The number of imidazole rings is 1. The van der Waals surface area contributed by atoms with Gasteiger partial charge in [-0.15, -0.1) is 0 Å². The van der Waals surface area contributed by atoms with Crippen molar-refractivity contribution in [2.75, 3.05) is 6.61 Å². The van der Waals surface area contributed by atoms with Gasteiger partial charge >= 0.3 is 0 Å². The van der Waals surface area contributed by atoms with E-state index in [1.54, 1.807) is 18.9 Å². The van der Waals surface area contributed by atoms with E-state index in [-0.39, 0.29) is 6.23 Å². The lowest BCUT2D eigenvalue weighted by Crippen LogP contribution is -2.17. The summed E-state index contributed by atoms with van der Waals surface area (Å²) in [6.45, 7) is 0.829. The molecule has 2 aromatic heterocycles. The number of fused-ring (bicyclic) bond motifs is 1. The highest BCUT2D eigenvalue weighted by molar-refractivity contribution is 5.68. The van der Waals surface area contributed by atoms with Crippen LogP contribution in [0.1, 0.15) is 25.5 Å². The summed E-state index contributed by atoms with van der Waals surface area (Å²) in [5.41, 5.74) is 1.68. The Kier molecular flexibility index (Phi) is 2.10. The van der Waals surface area contributed by atoms with Crippen molar-refractivity contribution in [3.8, 4) is 0 Å². The maximum Gasteiger partial charge on any atom is 0.165 e. The van der Waals surface area contributed by atoms with Gasteiger partial charge in [0, 0.05) is 6.61 Å². The highest BCUT2D eigenvalue weighted by Gasteiger charge is 2.18. The minimum Gasteiger partial charge on any atom is -0.358 e. The van der Waals surface area contributed by atoms with E-state index >= 15 is 0 Å². The first-order chi connectivity index (χ1) is 7.45. The quantitative estimate of drug-likeness (QED) is 0.706. The van der Waals surface area contributed by atoms with Gasteiger partial charge in [-0.3, -0.25) is 4.57 Å². The van der Waals surface area contributed by atoms with Crippen LogP contribution >= 0.6 is 0 Å². The molecule has 0 bridgehead atoms. The zero-order chi connectivity index (χ0) is 10.1. The van der Waals surface area contributed by atoms with Crippen LogP contribution in [0.4, 0.5) is 0 Å². The zero-order valence-electron chi connectivity index (χ0n) is 8.33. The van der Waals surface area contributed by atoms with Crippen molar-refractivity contribution in [2.45, 2.75) is 25.5 Å². The van der Waals surface area contributed by atoms with E-state index in [1.165, 1.54) is 6.42 Å².